The lowest BCUT2D eigenvalue weighted by Gasteiger charge is -2.36. The van der Waals surface area contributed by atoms with Crippen LogP contribution in [0.4, 0.5) is 24.5 Å². The first kappa shape index (κ1) is 24.3. The van der Waals surface area contributed by atoms with Crippen LogP contribution in [0, 0.1) is 0 Å². The molecule has 3 rings (SSSR count). The molecule has 0 aromatic heterocycles. The van der Waals surface area contributed by atoms with Crippen LogP contribution in [0.5, 0.6) is 0 Å². The highest BCUT2D eigenvalue weighted by molar-refractivity contribution is 9.10. The highest BCUT2D eigenvalue weighted by Gasteiger charge is 2.43. The lowest BCUT2D eigenvalue weighted by Crippen LogP contribution is -2.52. The molecule has 2 aromatic rings. The molecule has 0 radical (unpaired) electrons. The molecule has 0 bridgehead atoms. The number of carbonyl (C=O) groups is 2. The third-order valence-electron chi connectivity index (χ3n) is 4.69. The molecular weight excluding hydrogens is 533 g/mol. The van der Waals surface area contributed by atoms with Crippen molar-refractivity contribution in [3.05, 3.63) is 57.5 Å². The van der Waals surface area contributed by atoms with E-state index >= 15 is 0 Å². The van der Waals surface area contributed by atoms with Crippen LogP contribution in [0.2, 0.25) is 5.02 Å². The number of hydrogen-bond donors (Lipinski definition) is 2. The Morgan fingerprint density at radius 3 is 2.22 bits per heavy atom. The van der Waals surface area contributed by atoms with Crippen molar-refractivity contribution >= 4 is 68.1 Å². The van der Waals surface area contributed by atoms with E-state index in [0.29, 0.717) is 22.0 Å². The molecule has 0 spiro atoms. The maximum Gasteiger partial charge on any atom is 0.471 e. The molecule has 1 heterocycles. The van der Waals surface area contributed by atoms with Gasteiger partial charge in [0.05, 0.1) is 10.7 Å². The smallest absolute Gasteiger partial charge is 0.367 e. The molecule has 1 fully saturated rings. The van der Waals surface area contributed by atoms with Gasteiger partial charge < -0.3 is 15.1 Å². The molecule has 1 aliphatic rings. The maximum atomic E-state index is 12.6. The first-order chi connectivity index (χ1) is 15.0. The number of rotatable bonds is 3. The van der Waals surface area contributed by atoms with Crippen LogP contribution in [0.1, 0.15) is 10.4 Å². The van der Waals surface area contributed by atoms with E-state index in [0.717, 1.165) is 9.37 Å². The van der Waals surface area contributed by atoms with Gasteiger partial charge >= 0.3 is 12.1 Å². The third-order valence-corrected chi connectivity index (χ3v) is 5.72. The second-order valence-corrected chi connectivity index (χ2v) is 8.59. The van der Waals surface area contributed by atoms with E-state index in [4.69, 9.17) is 23.8 Å². The average molecular weight is 550 g/mol. The molecule has 32 heavy (non-hydrogen) atoms. The standard InChI is InChI=1S/C20H17BrClF3N4O2S/c21-13-3-1-12(2-4-13)17(30)27-19(32)26-14-5-6-16(15(22)11-14)28-7-9-29(10-8-28)18(31)20(23,24)25/h1-6,11H,7-10H2,(H2,26,27,30,32). The minimum Gasteiger partial charge on any atom is -0.367 e. The summed E-state index contributed by atoms with van der Waals surface area (Å²) in [5.41, 5.74) is 1.60. The topological polar surface area (TPSA) is 64.7 Å². The average Bonchev–Trinajstić information content (AvgIpc) is 2.73. The Kier molecular flexibility index (Phi) is 7.63. The minimum atomic E-state index is -4.88. The van der Waals surface area contributed by atoms with Crippen LogP contribution in [-0.2, 0) is 4.79 Å². The van der Waals surface area contributed by atoms with Crippen LogP contribution in [0.3, 0.4) is 0 Å². The molecule has 1 saturated heterocycles. The molecule has 2 N–H and O–H groups in total. The van der Waals surface area contributed by atoms with Gasteiger partial charge in [0.2, 0.25) is 0 Å². The number of carbonyl (C=O) groups excluding carboxylic acids is 2. The fraction of sp³-hybridized carbons (Fsp3) is 0.250. The molecule has 2 amide bonds. The predicted molar refractivity (Wildman–Crippen MR) is 124 cm³/mol. The summed E-state index contributed by atoms with van der Waals surface area (Å²) >= 11 is 14.8. The second kappa shape index (κ2) is 10.1. The van der Waals surface area contributed by atoms with Crippen LogP contribution in [0.25, 0.3) is 0 Å². The van der Waals surface area contributed by atoms with Crippen molar-refractivity contribution < 1.29 is 22.8 Å². The monoisotopic (exact) mass is 548 g/mol. The van der Waals surface area contributed by atoms with Crippen molar-refractivity contribution in [3.8, 4) is 0 Å². The van der Waals surface area contributed by atoms with Crippen LogP contribution in [-0.4, -0.2) is 54.2 Å². The molecule has 0 saturated carbocycles. The van der Waals surface area contributed by atoms with E-state index < -0.39 is 12.1 Å². The van der Waals surface area contributed by atoms with E-state index in [2.05, 4.69) is 26.6 Å². The highest BCUT2D eigenvalue weighted by Crippen LogP contribution is 2.30. The van der Waals surface area contributed by atoms with E-state index in [1.54, 1.807) is 47.4 Å². The van der Waals surface area contributed by atoms with Crippen LogP contribution >= 0.6 is 39.7 Å². The van der Waals surface area contributed by atoms with E-state index in [1.165, 1.54) is 0 Å². The van der Waals surface area contributed by atoms with Crippen molar-refractivity contribution in [1.82, 2.24) is 10.2 Å². The van der Waals surface area contributed by atoms with Crippen LogP contribution in [0.15, 0.2) is 46.9 Å². The van der Waals surface area contributed by atoms with Gasteiger partial charge in [-0.05, 0) is 54.7 Å². The number of benzene rings is 2. The van der Waals surface area contributed by atoms with Gasteiger partial charge in [0.25, 0.3) is 5.91 Å². The summed E-state index contributed by atoms with van der Waals surface area (Å²) in [5.74, 6) is -2.20. The fourth-order valence-electron chi connectivity index (χ4n) is 3.11. The predicted octanol–water partition coefficient (Wildman–Crippen LogP) is 4.44. The molecule has 170 valence electrons. The zero-order valence-corrected chi connectivity index (χ0v) is 19.5. The summed E-state index contributed by atoms with van der Waals surface area (Å²) in [7, 11) is 0. The number of halogens is 5. The first-order valence-electron chi connectivity index (χ1n) is 9.33. The van der Waals surface area contributed by atoms with Gasteiger partial charge in [-0.3, -0.25) is 14.9 Å². The summed E-state index contributed by atoms with van der Waals surface area (Å²) in [6, 6.07) is 11.8. The zero-order chi connectivity index (χ0) is 23.5. The van der Waals surface area contributed by atoms with Crippen molar-refractivity contribution in [2.45, 2.75) is 6.18 Å². The number of amides is 2. The Morgan fingerprint density at radius 1 is 1.03 bits per heavy atom. The normalized spacial score (nSPS) is 14.2. The number of thiocarbonyl (C=S) groups is 1. The Hall–Kier alpha value is -2.37. The Balaban J connectivity index is 1.57. The number of piperazine rings is 1. The number of nitrogens with zero attached hydrogens (tertiary/aromatic N) is 2. The van der Waals surface area contributed by atoms with Gasteiger partial charge in [0, 0.05) is 41.9 Å². The molecule has 1 aliphatic heterocycles. The fourth-order valence-corrected chi connectivity index (χ4v) is 3.88. The Bertz CT molecular complexity index is 1030. The Morgan fingerprint density at radius 2 is 1.66 bits per heavy atom. The van der Waals surface area contributed by atoms with Crippen LogP contribution < -0.4 is 15.5 Å². The minimum absolute atomic E-state index is 0.0547. The van der Waals surface area contributed by atoms with Crippen molar-refractivity contribution in [1.29, 1.82) is 0 Å². The van der Waals surface area contributed by atoms with Crippen molar-refractivity contribution in [3.63, 3.8) is 0 Å². The van der Waals surface area contributed by atoms with Gasteiger partial charge in [-0.15, -0.1) is 0 Å². The molecular formula is C20H17BrClF3N4O2S. The molecule has 0 aliphatic carbocycles. The SMILES string of the molecule is O=C(NC(=S)Nc1ccc(N2CCN(C(=O)C(F)(F)F)CC2)c(Cl)c1)c1ccc(Br)cc1. The zero-order valence-electron chi connectivity index (χ0n) is 16.4. The lowest BCUT2D eigenvalue weighted by molar-refractivity contribution is -0.185. The van der Waals surface area contributed by atoms with Gasteiger partial charge in [0.1, 0.15) is 0 Å². The number of alkyl halides is 3. The van der Waals surface area contributed by atoms with Gasteiger partial charge in [0.15, 0.2) is 5.11 Å². The molecule has 0 unspecified atom stereocenters. The number of hydrogen-bond acceptors (Lipinski definition) is 4. The van der Waals surface area contributed by atoms with Crippen molar-refractivity contribution in [2.24, 2.45) is 0 Å². The number of anilines is 2. The van der Waals surface area contributed by atoms with E-state index in [-0.39, 0.29) is 37.2 Å². The summed E-state index contributed by atoms with van der Waals surface area (Å²) in [6.45, 7) is 0.327. The highest BCUT2D eigenvalue weighted by atomic mass is 79.9. The maximum absolute atomic E-state index is 12.6. The summed E-state index contributed by atoms with van der Waals surface area (Å²) < 4.78 is 38.6. The Labute approximate surface area is 200 Å². The largest absolute Gasteiger partial charge is 0.471 e. The quantitative estimate of drug-likeness (QED) is 0.555. The van der Waals surface area contributed by atoms with Gasteiger partial charge in [-0.25, -0.2) is 0 Å². The number of nitrogens with one attached hydrogen (secondary N) is 2. The first-order valence-corrected chi connectivity index (χ1v) is 10.9. The van der Waals surface area contributed by atoms with E-state index in [9.17, 15) is 22.8 Å². The van der Waals surface area contributed by atoms with Gasteiger partial charge in [-0.2, -0.15) is 13.2 Å². The van der Waals surface area contributed by atoms with Crippen molar-refractivity contribution in [2.75, 3.05) is 36.4 Å². The summed E-state index contributed by atoms with van der Waals surface area (Å²) in [4.78, 5) is 26.2. The molecule has 6 nitrogen and oxygen atoms in total. The third kappa shape index (κ3) is 6.11. The molecule has 0 atom stereocenters. The lowest BCUT2D eigenvalue weighted by atomic mass is 10.2. The summed E-state index contributed by atoms with van der Waals surface area (Å²) in [6.07, 6.45) is -4.88. The molecule has 12 heteroatoms. The van der Waals surface area contributed by atoms with Gasteiger partial charge in [-0.1, -0.05) is 27.5 Å². The molecule has 2 aromatic carbocycles. The summed E-state index contributed by atoms with van der Waals surface area (Å²) in [5, 5.41) is 5.88. The second-order valence-electron chi connectivity index (χ2n) is 6.86. The van der Waals surface area contributed by atoms with E-state index in [1.807, 2.05) is 0 Å².